The van der Waals surface area contributed by atoms with Crippen molar-refractivity contribution in [2.75, 3.05) is 0 Å². The normalized spacial score (nSPS) is 19.1. The van der Waals surface area contributed by atoms with Crippen LogP contribution in [0.2, 0.25) is 0 Å². The Hall–Kier alpha value is -0.960. The van der Waals surface area contributed by atoms with Gasteiger partial charge in [-0.25, -0.2) is 0 Å². The fraction of sp³-hybridized carbons (Fsp3) is 0.364. The summed E-state index contributed by atoms with van der Waals surface area (Å²) in [7, 11) is 0. The number of hydrogen-bond acceptors (Lipinski definition) is 3. The lowest BCUT2D eigenvalue weighted by atomic mass is 9.99. The zero-order valence-corrected chi connectivity index (χ0v) is 9.02. The summed E-state index contributed by atoms with van der Waals surface area (Å²) in [4.78, 5) is 12.5. The highest BCUT2D eigenvalue weighted by atomic mass is 32.2. The van der Waals surface area contributed by atoms with Crippen LogP contribution in [0.3, 0.4) is 0 Å². The Balaban J connectivity index is 2.56. The molecule has 0 fully saturated rings. The van der Waals surface area contributed by atoms with Gasteiger partial charge in [0.1, 0.15) is 5.75 Å². The number of carbonyl (C=O) groups excluding carboxylic acids is 1. The van der Waals surface area contributed by atoms with Crippen LogP contribution in [-0.4, -0.2) is 15.6 Å². The van der Waals surface area contributed by atoms with E-state index in [1.54, 1.807) is 30.0 Å². The van der Waals surface area contributed by atoms with E-state index in [4.69, 9.17) is 0 Å². The first-order chi connectivity index (χ1) is 6.49. The lowest BCUT2D eigenvalue weighted by Gasteiger charge is -2.29. The van der Waals surface area contributed by atoms with Gasteiger partial charge in [0.05, 0.1) is 4.90 Å². The molecule has 2 nitrogen and oxygen atoms in total. The van der Waals surface area contributed by atoms with Crippen molar-refractivity contribution in [3.8, 4) is 5.75 Å². The number of hydrogen-bond donors (Lipinski definition) is 1. The summed E-state index contributed by atoms with van der Waals surface area (Å²) < 4.78 is -0.108. The van der Waals surface area contributed by atoms with Gasteiger partial charge >= 0.3 is 0 Å². The summed E-state index contributed by atoms with van der Waals surface area (Å²) in [6, 6.07) is 5.12. The largest absolute Gasteiger partial charge is 0.507 e. The van der Waals surface area contributed by atoms with Crippen molar-refractivity contribution in [1.29, 1.82) is 0 Å². The quantitative estimate of drug-likeness (QED) is 0.712. The molecule has 0 saturated carbocycles. The predicted octanol–water partition coefficient (Wildman–Crippen LogP) is 2.85. The Morgan fingerprint density at radius 2 is 2.14 bits per heavy atom. The average Bonchev–Trinajstić information content (AvgIpc) is 2.05. The van der Waals surface area contributed by atoms with Crippen LogP contribution in [0.15, 0.2) is 23.1 Å². The zero-order chi connectivity index (χ0) is 10.3. The molecule has 0 saturated heterocycles. The Kier molecular flexibility index (Phi) is 2.07. The van der Waals surface area contributed by atoms with E-state index in [-0.39, 0.29) is 16.3 Å². The minimum absolute atomic E-state index is 0.108. The number of fused-ring (bicyclic) bond motifs is 1. The molecule has 3 heteroatoms. The number of Topliss-reactive ketones (excluding diaryl/α,β-unsaturated/α-hetero) is 1. The fourth-order valence-corrected chi connectivity index (χ4v) is 2.87. The van der Waals surface area contributed by atoms with Gasteiger partial charge in [0, 0.05) is 16.7 Å². The van der Waals surface area contributed by atoms with E-state index in [0.29, 0.717) is 12.0 Å². The Morgan fingerprint density at radius 3 is 2.86 bits per heavy atom. The second-order valence-corrected chi connectivity index (χ2v) is 5.83. The number of rotatable bonds is 0. The maximum absolute atomic E-state index is 11.7. The van der Waals surface area contributed by atoms with Crippen molar-refractivity contribution in [2.45, 2.75) is 29.9 Å². The molecule has 14 heavy (non-hydrogen) atoms. The molecule has 1 aromatic rings. The average molecular weight is 208 g/mol. The van der Waals surface area contributed by atoms with Gasteiger partial charge in [0.25, 0.3) is 0 Å². The summed E-state index contributed by atoms with van der Waals surface area (Å²) in [5, 5.41) is 9.63. The zero-order valence-electron chi connectivity index (χ0n) is 8.20. The molecule has 2 rings (SSSR count). The summed E-state index contributed by atoms with van der Waals surface area (Å²) in [6.07, 6.45) is 0.536. The number of aromatic hydroxyl groups is 1. The molecule has 0 unspecified atom stereocenters. The van der Waals surface area contributed by atoms with Crippen LogP contribution in [0.4, 0.5) is 0 Å². The van der Waals surface area contributed by atoms with Gasteiger partial charge < -0.3 is 5.11 Å². The molecule has 0 aromatic heterocycles. The van der Waals surface area contributed by atoms with Gasteiger partial charge in [0.15, 0.2) is 5.78 Å². The van der Waals surface area contributed by atoms with E-state index in [1.807, 2.05) is 13.8 Å². The summed E-state index contributed by atoms with van der Waals surface area (Å²) in [6.45, 7) is 4.04. The molecule has 74 valence electrons. The molecule has 0 amide bonds. The maximum Gasteiger partial charge on any atom is 0.165 e. The number of phenolic OH excluding ortho intramolecular Hbond substituents is 1. The third-order valence-electron chi connectivity index (χ3n) is 2.26. The van der Waals surface area contributed by atoms with Crippen LogP contribution in [0, 0.1) is 0 Å². The topological polar surface area (TPSA) is 37.3 Å². The first kappa shape index (κ1) is 9.59. The molecule has 0 radical (unpaired) electrons. The number of thioether (sulfide) groups is 1. The Bertz CT molecular complexity index is 396. The predicted molar refractivity (Wildman–Crippen MR) is 57.0 cm³/mol. The molecule has 1 heterocycles. The minimum atomic E-state index is -0.108. The molecular formula is C11H12O2S. The van der Waals surface area contributed by atoms with E-state index in [1.165, 1.54) is 0 Å². The molecule has 0 spiro atoms. The van der Waals surface area contributed by atoms with Gasteiger partial charge in [-0.15, -0.1) is 11.8 Å². The van der Waals surface area contributed by atoms with Crippen molar-refractivity contribution in [2.24, 2.45) is 0 Å². The third-order valence-corrected chi connectivity index (χ3v) is 3.59. The van der Waals surface area contributed by atoms with E-state index in [9.17, 15) is 9.90 Å². The summed E-state index contributed by atoms with van der Waals surface area (Å²) >= 11 is 1.57. The lowest BCUT2D eigenvalue weighted by Crippen LogP contribution is -2.25. The highest BCUT2D eigenvalue weighted by Gasteiger charge is 2.32. The Labute approximate surface area is 87.3 Å². The summed E-state index contributed by atoms with van der Waals surface area (Å²) in [5.41, 5.74) is 0.661. The number of carbonyl (C=O) groups is 1. The fourth-order valence-electron chi connectivity index (χ4n) is 1.65. The first-order valence-electron chi connectivity index (χ1n) is 4.54. The van der Waals surface area contributed by atoms with E-state index in [0.717, 1.165) is 4.90 Å². The van der Waals surface area contributed by atoms with Gasteiger partial charge in [-0.05, 0) is 19.9 Å². The standard InChI is InChI=1S/C11H12O2S/c1-11(2)6-9(13)7-4-3-5-8(12)10(7)14-11/h3-5,12H,6H2,1-2H3. The van der Waals surface area contributed by atoms with Crippen LogP contribution in [0.1, 0.15) is 30.6 Å². The molecule has 1 aromatic carbocycles. The van der Waals surface area contributed by atoms with Crippen LogP contribution in [0.25, 0.3) is 0 Å². The van der Waals surface area contributed by atoms with E-state index in [2.05, 4.69) is 0 Å². The van der Waals surface area contributed by atoms with Gasteiger partial charge in [0.2, 0.25) is 0 Å². The van der Waals surface area contributed by atoms with Crippen LogP contribution in [-0.2, 0) is 0 Å². The van der Waals surface area contributed by atoms with Gasteiger partial charge in [-0.3, -0.25) is 4.79 Å². The molecular weight excluding hydrogens is 196 g/mol. The molecule has 1 aliphatic heterocycles. The Morgan fingerprint density at radius 1 is 1.43 bits per heavy atom. The first-order valence-corrected chi connectivity index (χ1v) is 5.35. The highest BCUT2D eigenvalue weighted by Crippen LogP contribution is 2.46. The van der Waals surface area contributed by atoms with Crippen molar-refractivity contribution in [3.63, 3.8) is 0 Å². The van der Waals surface area contributed by atoms with E-state index < -0.39 is 0 Å². The van der Waals surface area contributed by atoms with Gasteiger partial charge in [-0.1, -0.05) is 12.1 Å². The second-order valence-electron chi connectivity index (χ2n) is 4.12. The number of benzene rings is 1. The van der Waals surface area contributed by atoms with Crippen molar-refractivity contribution >= 4 is 17.5 Å². The number of ketones is 1. The van der Waals surface area contributed by atoms with Crippen molar-refractivity contribution in [1.82, 2.24) is 0 Å². The molecule has 0 aliphatic carbocycles. The maximum atomic E-state index is 11.7. The number of phenols is 1. The van der Waals surface area contributed by atoms with Crippen LogP contribution >= 0.6 is 11.8 Å². The SMILES string of the molecule is CC1(C)CC(=O)c2cccc(O)c2S1. The van der Waals surface area contributed by atoms with Gasteiger partial charge in [-0.2, -0.15) is 0 Å². The summed E-state index contributed by atoms with van der Waals surface area (Å²) in [5.74, 6) is 0.341. The molecule has 1 aliphatic rings. The molecule has 0 bridgehead atoms. The monoisotopic (exact) mass is 208 g/mol. The molecule has 0 atom stereocenters. The minimum Gasteiger partial charge on any atom is -0.507 e. The third kappa shape index (κ3) is 1.52. The molecule has 1 N–H and O–H groups in total. The van der Waals surface area contributed by atoms with Crippen LogP contribution < -0.4 is 0 Å². The van der Waals surface area contributed by atoms with Crippen molar-refractivity contribution < 1.29 is 9.90 Å². The van der Waals surface area contributed by atoms with E-state index >= 15 is 0 Å². The van der Waals surface area contributed by atoms with Crippen LogP contribution in [0.5, 0.6) is 5.75 Å². The smallest absolute Gasteiger partial charge is 0.165 e. The lowest BCUT2D eigenvalue weighted by molar-refractivity contribution is 0.0966. The highest BCUT2D eigenvalue weighted by molar-refractivity contribution is 8.01. The second kappa shape index (κ2) is 3.02. The van der Waals surface area contributed by atoms with Crippen molar-refractivity contribution in [3.05, 3.63) is 23.8 Å².